The lowest BCUT2D eigenvalue weighted by Gasteiger charge is -2.32. The second kappa shape index (κ2) is 7.84. The zero-order valence-corrected chi connectivity index (χ0v) is 13.7. The van der Waals surface area contributed by atoms with Crippen molar-refractivity contribution in [2.45, 2.75) is 32.0 Å². The summed E-state index contributed by atoms with van der Waals surface area (Å²) in [5.74, 6) is -2.27. The summed E-state index contributed by atoms with van der Waals surface area (Å²) in [6.45, 7) is 1.50. The van der Waals surface area contributed by atoms with E-state index in [4.69, 9.17) is 0 Å². The van der Waals surface area contributed by atoms with Gasteiger partial charge in [0.05, 0.1) is 6.10 Å². The van der Waals surface area contributed by atoms with Crippen molar-refractivity contribution >= 4 is 5.82 Å². The van der Waals surface area contributed by atoms with Crippen molar-refractivity contribution in [1.29, 1.82) is 0 Å². The summed E-state index contributed by atoms with van der Waals surface area (Å²) < 4.78 is 40.6. The van der Waals surface area contributed by atoms with Crippen molar-refractivity contribution in [2.75, 3.05) is 18.0 Å². The maximum atomic E-state index is 13.7. The van der Waals surface area contributed by atoms with Gasteiger partial charge in [-0.15, -0.1) is 0 Å². The fourth-order valence-corrected chi connectivity index (χ4v) is 3.05. The molecule has 7 heteroatoms. The Balaban J connectivity index is 1.69. The lowest BCUT2D eigenvalue weighted by atomic mass is 10.1. The second-order valence-electron chi connectivity index (χ2n) is 6.15. The molecular weight excluding hydrogens is 331 g/mol. The molecule has 0 aliphatic carbocycles. The number of halogens is 3. The molecule has 1 saturated heterocycles. The Bertz CT molecular complexity index is 742. The lowest BCUT2D eigenvalue weighted by Crippen LogP contribution is -2.39. The Labute approximate surface area is 144 Å². The minimum absolute atomic E-state index is 0.133. The highest BCUT2D eigenvalue weighted by atomic mass is 19.2. The highest BCUT2D eigenvalue weighted by Gasteiger charge is 2.21. The monoisotopic (exact) mass is 351 g/mol. The fourth-order valence-electron chi connectivity index (χ4n) is 3.05. The van der Waals surface area contributed by atoms with Gasteiger partial charge in [0.15, 0.2) is 11.6 Å². The summed E-state index contributed by atoms with van der Waals surface area (Å²) in [7, 11) is 0. The average Bonchev–Trinajstić information content (AvgIpc) is 2.62. The Morgan fingerprint density at radius 2 is 1.96 bits per heavy atom. The number of anilines is 1. The van der Waals surface area contributed by atoms with Gasteiger partial charge >= 0.3 is 0 Å². The van der Waals surface area contributed by atoms with Crippen LogP contribution in [0.3, 0.4) is 0 Å². The van der Waals surface area contributed by atoms with Crippen molar-refractivity contribution in [2.24, 2.45) is 0 Å². The van der Waals surface area contributed by atoms with Gasteiger partial charge in [0.25, 0.3) is 0 Å². The lowest BCUT2D eigenvalue weighted by molar-refractivity contribution is 0.154. The normalized spacial score (nSPS) is 17.8. The number of pyridine rings is 1. The molecule has 1 aromatic heterocycles. The van der Waals surface area contributed by atoms with Gasteiger partial charge in [-0.25, -0.2) is 18.2 Å². The predicted octanol–water partition coefficient (Wildman–Crippen LogP) is 2.75. The molecule has 0 unspecified atom stereocenters. The van der Waals surface area contributed by atoms with Crippen LogP contribution in [0.2, 0.25) is 0 Å². The molecule has 4 nitrogen and oxygen atoms in total. The molecule has 0 radical (unpaired) electrons. The smallest absolute Gasteiger partial charge is 0.166 e. The Morgan fingerprint density at radius 1 is 1.16 bits per heavy atom. The van der Waals surface area contributed by atoms with Gasteiger partial charge in [0.2, 0.25) is 0 Å². The molecule has 2 aromatic rings. The molecule has 2 N–H and O–H groups in total. The SMILES string of the molecule is O[C@H]1CCCN(c2ncccc2CNCc2c(F)ccc(F)c2F)C1. The van der Waals surface area contributed by atoms with Gasteiger partial charge in [0, 0.05) is 43.5 Å². The van der Waals surface area contributed by atoms with E-state index in [0.29, 0.717) is 13.1 Å². The van der Waals surface area contributed by atoms with Crippen LogP contribution in [0.15, 0.2) is 30.5 Å². The fraction of sp³-hybridized carbons (Fsp3) is 0.389. The van der Waals surface area contributed by atoms with Crippen molar-refractivity contribution in [3.8, 4) is 0 Å². The van der Waals surface area contributed by atoms with Crippen LogP contribution in [0.4, 0.5) is 19.0 Å². The van der Waals surface area contributed by atoms with E-state index in [1.54, 1.807) is 12.3 Å². The molecule has 0 bridgehead atoms. The molecule has 1 aromatic carbocycles. The molecule has 1 aliphatic heterocycles. The minimum Gasteiger partial charge on any atom is -0.391 e. The third-order valence-electron chi connectivity index (χ3n) is 4.32. The highest BCUT2D eigenvalue weighted by molar-refractivity contribution is 5.47. The summed E-state index contributed by atoms with van der Waals surface area (Å²) in [5.41, 5.74) is 0.535. The van der Waals surface area contributed by atoms with E-state index in [2.05, 4.69) is 10.3 Å². The number of hydrogen-bond donors (Lipinski definition) is 2. The number of nitrogens with one attached hydrogen (secondary N) is 1. The largest absolute Gasteiger partial charge is 0.391 e. The van der Waals surface area contributed by atoms with E-state index in [9.17, 15) is 18.3 Å². The summed E-state index contributed by atoms with van der Waals surface area (Å²) >= 11 is 0. The van der Waals surface area contributed by atoms with E-state index in [-0.39, 0.29) is 18.2 Å². The second-order valence-corrected chi connectivity index (χ2v) is 6.15. The van der Waals surface area contributed by atoms with Crippen LogP contribution in [-0.4, -0.2) is 29.3 Å². The summed E-state index contributed by atoms with van der Waals surface area (Å²) in [4.78, 5) is 6.39. The Morgan fingerprint density at radius 3 is 2.76 bits per heavy atom. The van der Waals surface area contributed by atoms with Crippen LogP contribution >= 0.6 is 0 Å². The van der Waals surface area contributed by atoms with Crippen molar-refractivity contribution in [1.82, 2.24) is 10.3 Å². The third kappa shape index (κ3) is 4.11. The van der Waals surface area contributed by atoms with Crippen LogP contribution in [0, 0.1) is 17.5 Å². The van der Waals surface area contributed by atoms with Gasteiger partial charge in [-0.2, -0.15) is 0 Å². The summed E-state index contributed by atoms with van der Waals surface area (Å²) in [5, 5.41) is 12.8. The number of rotatable bonds is 5. The number of aromatic nitrogens is 1. The quantitative estimate of drug-likeness (QED) is 0.814. The van der Waals surface area contributed by atoms with Crippen LogP contribution in [0.25, 0.3) is 0 Å². The van der Waals surface area contributed by atoms with E-state index in [0.717, 1.165) is 42.9 Å². The molecule has 1 aliphatic rings. The van der Waals surface area contributed by atoms with E-state index in [1.165, 1.54) is 0 Å². The Hall–Kier alpha value is -2.12. The maximum Gasteiger partial charge on any atom is 0.166 e. The average molecular weight is 351 g/mol. The van der Waals surface area contributed by atoms with E-state index in [1.807, 2.05) is 11.0 Å². The number of piperidine rings is 1. The third-order valence-corrected chi connectivity index (χ3v) is 4.32. The zero-order valence-electron chi connectivity index (χ0n) is 13.7. The molecule has 25 heavy (non-hydrogen) atoms. The van der Waals surface area contributed by atoms with Crippen molar-refractivity contribution in [3.63, 3.8) is 0 Å². The van der Waals surface area contributed by atoms with Crippen molar-refractivity contribution < 1.29 is 18.3 Å². The first-order chi connectivity index (χ1) is 12.1. The Kier molecular flexibility index (Phi) is 5.55. The van der Waals surface area contributed by atoms with Gasteiger partial charge in [-0.05, 0) is 31.0 Å². The van der Waals surface area contributed by atoms with Gasteiger partial charge in [0.1, 0.15) is 11.6 Å². The topological polar surface area (TPSA) is 48.4 Å². The predicted molar refractivity (Wildman–Crippen MR) is 88.6 cm³/mol. The molecule has 1 atom stereocenters. The number of hydrogen-bond acceptors (Lipinski definition) is 4. The first-order valence-corrected chi connectivity index (χ1v) is 8.26. The molecule has 0 spiro atoms. The number of aliphatic hydroxyl groups is 1. The first kappa shape index (κ1) is 17.7. The van der Waals surface area contributed by atoms with Crippen LogP contribution in [0.5, 0.6) is 0 Å². The first-order valence-electron chi connectivity index (χ1n) is 8.26. The number of aliphatic hydroxyl groups excluding tert-OH is 1. The molecule has 0 saturated carbocycles. The molecule has 3 rings (SSSR count). The van der Waals surface area contributed by atoms with Gasteiger partial charge in [-0.1, -0.05) is 6.07 Å². The van der Waals surface area contributed by atoms with Crippen molar-refractivity contribution in [3.05, 3.63) is 59.0 Å². The van der Waals surface area contributed by atoms with E-state index < -0.39 is 17.5 Å². The number of benzene rings is 1. The van der Waals surface area contributed by atoms with Gasteiger partial charge in [-0.3, -0.25) is 0 Å². The number of nitrogens with zero attached hydrogens (tertiary/aromatic N) is 2. The molecule has 2 heterocycles. The van der Waals surface area contributed by atoms with Crippen LogP contribution in [0.1, 0.15) is 24.0 Å². The standard InChI is InChI=1S/C18H20F3N3O/c19-15-5-6-16(20)17(21)14(15)10-22-9-12-3-1-7-23-18(12)24-8-2-4-13(25)11-24/h1,3,5-7,13,22,25H,2,4,8-11H2/t13-/m0/s1. The zero-order chi connectivity index (χ0) is 17.8. The van der Waals surface area contributed by atoms with Crippen LogP contribution in [-0.2, 0) is 13.1 Å². The molecule has 0 amide bonds. The summed E-state index contributed by atoms with van der Waals surface area (Å²) in [6, 6.07) is 5.34. The van der Waals surface area contributed by atoms with E-state index >= 15 is 0 Å². The summed E-state index contributed by atoms with van der Waals surface area (Å²) in [6.07, 6.45) is 2.94. The highest BCUT2D eigenvalue weighted by Crippen LogP contribution is 2.22. The molecule has 134 valence electrons. The minimum atomic E-state index is -1.17. The number of β-amino-alcohol motifs (C(OH)–C–C–N with tert-alkyl or cyclic N) is 1. The molecule has 1 fully saturated rings. The van der Waals surface area contributed by atoms with Gasteiger partial charge < -0.3 is 15.3 Å². The maximum absolute atomic E-state index is 13.7. The molecular formula is C18H20F3N3O. The van der Waals surface area contributed by atoms with Crippen LogP contribution < -0.4 is 10.2 Å².